The van der Waals surface area contributed by atoms with Gasteiger partial charge in [-0.1, -0.05) is 6.92 Å². The number of nitrogens with one attached hydrogen (secondary N) is 1. The van der Waals surface area contributed by atoms with Crippen LogP contribution in [-0.4, -0.2) is 41.1 Å². The molecule has 0 amide bonds. The molecule has 1 saturated heterocycles. The first-order valence-corrected chi connectivity index (χ1v) is 8.86. The molecule has 1 aliphatic heterocycles. The number of hydrogen-bond acceptors (Lipinski definition) is 5. The zero-order valence-electron chi connectivity index (χ0n) is 14.9. The summed E-state index contributed by atoms with van der Waals surface area (Å²) in [4.78, 5) is 27.7. The fourth-order valence-electron chi connectivity index (χ4n) is 3.73. The van der Waals surface area contributed by atoms with Crippen LogP contribution < -0.4 is 5.56 Å². The Hall–Kier alpha value is -2.67. The number of carbonyl (C=O) groups is 1. The van der Waals surface area contributed by atoms with Crippen LogP contribution in [0, 0.1) is 0 Å². The topological polar surface area (TPSA) is 86.2 Å². The van der Waals surface area contributed by atoms with E-state index >= 15 is 0 Å². The van der Waals surface area contributed by atoms with Gasteiger partial charge in [0, 0.05) is 18.6 Å². The van der Waals surface area contributed by atoms with E-state index in [4.69, 9.17) is 9.47 Å². The predicted molar refractivity (Wildman–Crippen MR) is 97.7 cm³/mol. The van der Waals surface area contributed by atoms with E-state index in [-0.39, 0.29) is 17.6 Å². The number of nitrogens with zero attached hydrogens (tertiary/aromatic N) is 2. The van der Waals surface area contributed by atoms with Gasteiger partial charge in [0.05, 0.1) is 41.3 Å². The van der Waals surface area contributed by atoms with Crippen molar-refractivity contribution in [3.8, 4) is 0 Å². The summed E-state index contributed by atoms with van der Waals surface area (Å²) in [5.41, 5.74) is 2.68. The molecule has 7 heteroatoms. The number of pyridine rings is 1. The molecular weight excluding hydrogens is 334 g/mol. The number of ether oxygens (including phenoxy) is 2. The summed E-state index contributed by atoms with van der Waals surface area (Å²) in [5.74, 6) is -0.375. The van der Waals surface area contributed by atoms with Gasteiger partial charge in [0.1, 0.15) is 0 Å². The lowest BCUT2D eigenvalue weighted by atomic mass is 10.0. The van der Waals surface area contributed by atoms with Gasteiger partial charge in [0.2, 0.25) is 0 Å². The van der Waals surface area contributed by atoms with Gasteiger partial charge in [0.25, 0.3) is 5.56 Å². The second-order valence-electron chi connectivity index (χ2n) is 6.55. The second-order valence-corrected chi connectivity index (χ2v) is 6.55. The number of hydrogen-bond donors (Lipinski definition) is 1. The smallest absolute Gasteiger partial charge is 0.338 e. The predicted octanol–water partition coefficient (Wildman–Crippen LogP) is 2.58. The van der Waals surface area contributed by atoms with Gasteiger partial charge in [-0.05, 0) is 37.0 Å². The SMILES string of the molecule is CCc1cc2[nH]c(=O)c3cnn(C4CCOCC4)c3c2cc1C(=O)OC. The van der Waals surface area contributed by atoms with Crippen LogP contribution in [0.5, 0.6) is 0 Å². The van der Waals surface area contributed by atoms with Gasteiger partial charge in [-0.15, -0.1) is 0 Å². The van der Waals surface area contributed by atoms with E-state index in [0.717, 1.165) is 29.3 Å². The summed E-state index contributed by atoms with van der Waals surface area (Å²) >= 11 is 0. The van der Waals surface area contributed by atoms with Gasteiger partial charge in [-0.3, -0.25) is 9.48 Å². The van der Waals surface area contributed by atoms with E-state index in [1.165, 1.54) is 7.11 Å². The molecule has 7 nitrogen and oxygen atoms in total. The minimum atomic E-state index is -0.375. The molecule has 4 rings (SSSR count). The van der Waals surface area contributed by atoms with Crippen molar-refractivity contribution in [3.63, 3.8) is 0 Å². The minimum Gasteiger partial charge on any atom is -0.465 e. The Morgan fingerprint density at radius 2 is 2.12 bits per heavy atom. The van der Waals surface area contributed by atoms with Gasteiger partial charge in [-0.2, -0.15) is 5.10 Å². The molecule has 136 valence electrons. The molecule has 1 fully saturated rings. The van der Waals surface area contributed by atoms with Crippen molar-refractivity contribution in [2.24, 2.45) is 0 Å². The lowest BCUT2D eigenvalue weighted by molar-refractivity contribution is 0.0599. The number of aromatic amines is 1. The van der Waals surface area contributed by atoms with Crippen molar-refractivity contribution in [1.29, 1.82) is 0 Å². The lowest BCUT2D eigenvalue weighted by Crippen LogP contribution is -2.21. The molecule has 0 saturated carbocycles. The van der Waals surface area contributed by atoms with E-state index in [1.807, 2.05) is 23.7 Å². The van der Waals surface area contributed by atoms with Crippen molar-refractivity contribution < 1.29 is 14.3 Å². The quantitative estimate of drug-likeness (QED) is 0.730. The molecule has 0 bridgehead atoms. The van der Waals surface area contributed by atoms with Gasteiger partial charge >= 0.3 is 5.97 Å². The third-order valence-electron chi connectivity index (χ3n) is 5.11. The number of rotatable bonds is 3. The fourth-order valence-corrected chi connectivity index (χ4v) is 3.73. The Bertz CT molecular complexity index is 1040. The molecule has 0 aliphatic carbocycles. The Balaban J connectivity index is 2.04. The number of benzene rings is 1. The van der Waals surface area contributed by atoms with Crippen LogP contribution in [0.4, 0.5) is 0 Å². The molecule has 1 aliphatic rings. The van der Waals surface area contributed by atoms with Crippen molar-refractivity contribution in [2.45, 2.75) is 32.2 Å². The first-order chi connectivity index (χ1) is 12.6. The van der Waals surface area contributed by atoms with Crippen molar-refractivity contribution in [2.75, 3.05) is 20.3 Å². The fraction of sp³-hybridized carbons (Fsp3) is 0.421. The highest BCUT2D eigenvalue weighted by Gasteiger charge is 2.22. The summed E-state index contributed by atoms with van der Waals surface area (Å²) in [7, 11) is 1.38. The van der Waals surface area contributed by atoms with E-state index in [2.05, 4.69) is 10.1 Å². The summed E-state index contributed by atoms with van der Waals surface area (Å²) in [5, 5.41) is 5.83. The maximum Gasteiger partial charge on any atom is 0.338 e. The number of aromatic nitrogens is 3. The Labute approximate surface area is 149 Å². The number of fused-ring (bicyclic) bond motifs is 3. The average Bonchev–Trinajstić information content (AvgIpc) is 3.13. The standard InChI is InChI=1S/C19H21N3O4/c1-3-11-8-16-14(9-13(11)19(24)25-2)17-15(18(23)21-16)10-20-22(17)12-4-6-26-7-5-12/h8-10,12H,3-7H2,1-2H3,(H,21,23). The highest BCUT2D eigenvalue weighted by Crippen LogP contribution is 2.30. The second kappa shape index (κ2) is 6.57. The molecule has 3 heterocycles. The molecule has 0 spiro atoms. The van der Waals surface area contributed by atoms with Crippen LogP contribution in [0.1, 0.15) is 41.7 Å². The Morgan fingerprint density at radius 3 is 2.81 bits per heavy atom. The summed E-state index contributed by atoms with van der Waals surface area (Å²) < 4.78 is 12.3. The molecule has 2 aromatic heterocycles. The number of H-pyrrole nitrogens is 1. The molecular formula is C19H21N3O4. The van der Waals surface area contributed by atoms with Crippen LogP contribution in [0.2, 0.25) is 0 Å². The summed E-state index contributed by atoms with van der Waals surface area (Å²) in [6.07, 6.45) is 3.97. The minimum absolute atomic E-state index is 0.168. The Kier molecular flexibility index (Phi) is 4.24. The van der Waals surface area contributed by atoms with E-state index in [0.29, 0.717) is 36.1 Å². The van der Waals surface area contributed by atoms with E-state index < -0.39 is 0 Å². The first kappa shape index (κ1) is 16.8. The van der Waals surface area contributed by atoms with E-state index in [9.17, 15) is 9.59 Å². The van der Waals surface area contributed by atoms with Crippen LogP contribution in [0.3, 0.4) is 0 Å². The molecule has 26 heavy (non-hydrogen) atoms. The van der Waals surface area contributed by atoms with Crippen molar-refractivity contribution in [3.05, 3.63) is 39.8 Å². The largest absolute Gasteiger partial charge is 0.465 e. The Morgan fingerprint density at radius 1 is 1.35 bits per heavy atom. The van der Waals surface area contributed by atoms with Crippen LogP contribution >= 0.6 is 0 Å². The maximum absolute atomic E-state index is 12.5. The first-order valence-electron chi connectivity index (χ1n) is 8.86. The normalized spacial score (nSPS) is 15.6. The van der Waals surface area contributed by atoms with Crippen LogP contribution in [0.25, 0.3) is 21.8 Å². The molecule has 0 atom stereocenters. The zero-order valence-corrected chi connectivity index (χ0v) is 14.9. The molecule has 0 radical (unpaired) electrons. The molecule has 1 N–H and O–H groups in total. The number of aryl methyl sites for hydroxylation is 1. The summed E-state index contributed by atoms with van der Waals surface area (Å²) in [6, 6.07) is 3.86. The molecule has 3 aromatic rings. The van der Waals surface area contributed by atoms with Gasteiger partial charge in [0.15, 0.2) is 0 Å². The summed E-state index contributed by atoms with van der Waals surface area (Å²) in [6.45, 7) is 3.33. The number of esters is 1. The maximum atomic E-state index is 12.5. The van der Waals surface area contributed by atoms with Crippen molar-refractivity contribution in [1.82, 2.24) is 14.8 Å². The van der Waals surface area contributed by atoms with Crippen molar-refractivity contribution >= 4 is 27.8 Å². The third-order valence-corrected chi connectivity index (χ3v) is 5.11. The number of carbonyl (C=O) groups excluding carboxylic acids is 1. The van der Waals surface area contributed by atoms with Crippen LogP contribution in [-0.2, 0) is 15.9 Å². The highest BCUT2D eigenvalue weighted by molar-refractivity contribution is 6.06. The van der Waals surface area contributed by atoms with Gasteiger partial charge in [-0.25, -0.2) is 4.79 Å². The monoisotopic (exact) mass is 355 g/mol. The average molecular weight is 355 g/mol. The third kappa shape index (κ3) is 2.59. The highest BCUT2D eigenvalue weighted by atomic mass is 16.5. The number of methoxy groups -OCH3 is 1. The van der Waals surface area contributed by atoms with Gasteiger partial charge < -0.3 is 14.5 Å². The lowest BCUT2D eigenvalue weighted by Gasteiger charge is -2.23. The molecule has 1 aromatic carbocycles. The van der Waals surface area contributed by atoms with Crippen LogP contribution in [0.15, 0.2) is 23.1 Å². The van der Waals surface area contributed by atoms with E-state index in [1.54, 1.807) is 6.20 Å². The molecule has 0 unspecified atom stereocenters. The zero-order chi connectivity index (χ0) is 18.3.